The maximum absolute atomic E-state index is 12.8. The van der Waals surface area contributed by atoms with E-state index < -0.39 is 5.41 Å². The molecule has 0 aliphatic carbocycles. The number of rotatable bonds is 6. The van der Waals surface area contributed by atoms with Gasteiger partial charge in [-0.2, -0.15) is 5.26 Å². The van der Waals surface area contributed by atoms with Gasteiger partial charge in [0.05, 0.1) is 18.7 Å². The minimum atomic E-state index is -0.888. The topological polar surface area (TPSA) is 64.3 Å². The van der Waals surface area contributed by atoms with Crippen LogP contribution < -0.4 is 0 Å². The average molecular weight is 266 g/mol. The maximum atomic E-state index is 12.8. The van der Waals surface area contributed by atoms with Gasteiger partial charge in [-0.25, -0.2) is 0 Å². The predicted molar refractivity (Wildman–Crippen MR) is 74.2 cm³/mol. The summed E-state index contributed by atoms with van der Waals surface area (Å²) in [4.78, 5) is 14.5. The summed E-state index contributed by atoms with van der Waals surface area (Å²) in [6.07, 6.45) is 3.79. The van der Waals surface area contributed by atoms with Crippen molar-refractivity contribution in [1.82, 2.24) is 4.90 Å². The van der Waals surface area contributed by atoms with E-state index in [4.69, 9.17) is 0 Å². The first-order valence-corrected chi connectivity index (χ1v) is 7.39. The molecule has 1 aliphatic rings. The highest BCUT2D eigenvalue weighted by Gasteiger charge is 2.44. The van der Waals surface area contributed by atoms with E-state index in [-0.39, 0.29) is 18.6 Å². The first-order chi connectivity index (χ1) is 9.06. The SMILES string of the molecule is CCCC(C#N)(CCC)C(=O)N1CCC(C)C1CO. The van der Waals surface area contributed by atoms with Crippen LogP contribution in [0.5, 0.6) is 0 Å². The molecule has 19 heavy (non-hydrogen) atoms. The molecular formula is C15H26N2O2. The second-order valence-electron chi connectivity index (χ2n) is 5.71. The lowest BCUT2D eigenvalue weighted by molar-refractivity contribution is -0.141. The molecule has 0 aromatic rings. The highest BCUT2D eigenvalue weighted by Crippen LogP contribution is 2.35. The van der Waals surface area contributed by atoms with Crippen LogP contribution in [-0.2, 0) is 4.79 Å². The molecule has 1 N–H and O–H groups in total. The Morgan fingerprint density at radius 1 is 1.42 bits per heavy atom. The van der Waals surface area contributed by atoms with Crippen LogP contribution in [0.15, 0.2) is 0 Å². The van der Waals surface area contributed by atoms with E-state index in [0.29, 0.717) is 25.3 Å². The second kappa shape index (κ2) is 6.91. The standard InChI is InChI=1S/C15H26N2O2/c1-4-7-15(11-16,8-5-2)14(19)17-9-6-12(3)13(17)10-18/h12-13,18H,4-10H2,1-3H3. The van der Waals surface area contributed by atoms with Gasteiger partial charge in [-0.3, -0.25) is 4.79 Å². The van der Waals surface area contributed by atoms with Crippen LogP contribution in [0, 0.1) is 22.7 Å². The Balaban J connectivity index is 2.97. The van der Waals surface area contributed by atoms with Gasteiger partial charge in [0.15, 0.2) is 0 Å². The Labute approximate surface area is 116 Å². The van der Waals surface area contributed by atoms with Crippen molar-refractivity contribution in [1.29, 1.82) is 5.26 Å². The summed E-state index contributed by atoms with van der Waals surface area (Å²) in [6, 6.07) is 2.16. The van der Waals surface area contributed by atoms with Gasteiger partial charge in [0.1, 0.15) is 5.41 Å². The molecule has 4 nitrogen and oxygen atoms in total. The van der Waals surface area contributed by atoms with E-state index in [1.165, 1.54) is 0 Å². The van der Waals surface area contributed by atoms with Crippen molar-refractivity contribution in [2.24, 2.45) is 11.3 Å². The van der Waals surface area contributed by atoms with Crippen molar-refractivity contribution in [3.05, 3.63) is 0 Å². The van der Waals surface area contributed by atoms with Crippen LogP contribution in [0.2, 0.25) is 0 Å². The van der Waals surface area contributed by atoms with Gasteiger partial charge in [0.2, 0.25) is 5.91 Å². The van der Waals surface area contributed by atoms with Gasteiger partial charge in [0.25, 0.3) is 0 Å². The molecule has 0 bridgehead atoms. The minimum Gasteiger partial charge on any atom is -0.394 e. The largest absolute Gasteiger partial charge is 0.394 e. The van der Waals surface area contributed by atoms with Crippen LogP contribution in [0.4, 0.5) is 0 Å². The van der Waals surface area contributed by atoms with Gasteiger partial charge < -0.3 is 10.0 Å². The van der Waals surface area contributed by atoms with E-state index in [1.807, 2.05) is 13.8 Å². The molecule has 0 radical (unpaired) electrons. The molecule has 1 aliphatic heterocycles. The second-order valence-corrected chi connectivity index (χ2v) is 5.71. The fourth-order valence-corrected chi connectivity index (χ4v) is 3.17. The molecule has 0 saturated carbocycles. The summed E-state index contributed by atoms with van der Waals surface area (Å²) in [6.45, 7) is 6.73. The lowest BCUT2D eigenvalue weighted by atomic mass is 9.79. The first-order valence-electron chi connectivity index (χ1n) is 7.39. The maximum Gasteiger partial charge on any atom is 0.243 e. The molecule has 0 aromatic heterocycles. The molecule has 2 atom stereocenters. The number of aliphatic hydroxyl groups is 1. The summed E-state index contributed by atoms with van der Waals surface area (Å²) >= 11 is 0. The van der Waals surface area contributed by atoms with Crippen LogP contribution >= 0.6 is 0 Å². The Morgan fingerprint density at radius 3 is 2.42 bits per heavy atom. The third kappa shape index (κ3) is 3.09. The Kier molecular flexibility index (Phi) is 5.81. The van der Waals surface area contributed by atoms with Crippen LogP contribution in [0.3, 0.4) is 0 Å². The number of aliphatic hydroxyl groups excluding tert-OH is 1. The lowest BCUT2D eigenvalue weighted by Crippen LogP contribution is -2.47. The summed E-state index contributed by atoms with van der Waals surface area (Å²) in [5.74, 6) is 0.246. The van der Waals surface area contributed by atoms with E-state index >= 15 is 0 Å². The predicted octanol–water partition coefficient (Wildman–Crippen LogP) is 2.33. The normalized spacial score (nSPS) is 23.4. The molecule has 0 aromatic carbocycles. The molecule has 1 fully saturated rings. The van der Waals surface area contributed by atoms with E-state index in [1.54, 1.807) is 4.90 Å². The summed E-state index contributed by atoms with van der Waals surface area (Å²) < 4.78 is 0. The van der Waals surface area contributed by atoms with Gasteiger partial charge in [-0.1, -0.05) is 33.6 Å². The molecule has 1 heterocycles. The summed E-state index contributed by atoms with van der Waals surface area (Å²) in [7, 11) is 0. The van der Waals surface area contributed by atoms with Gasteiger partial charge in [-0.15, -0.1) is 0 Å². The highest BCUT2D eigenvalue weighted by molar-refractivity contribution is 5.86. The fourth-order valence-electron chi connectivity index (χ4n) is 3.17. The Hall–Kier alpha value is -1.08. The number of likely N-dealkylation sites (tertiary alicyclic amines) is 1. The zero-order valence-electron chi connectivity index (χ0n) is 12.4. The Morgan fingerprint density at radius 2 is 2.00 bits per heavy atom. The molecule has 4 heteroatoms. The molecular weight excluding hydrogens is 240 g/mol. The number of hydrogen-bond donors (Lipinski definition) is 1. The summed E-state index contributed by atoms with van der Waals surface area (Å²) in [5.41, 5.74) is -0.888. The average Bonchev–Trinajstić information content (AvgIpc) is 2.78. The zero-order chi connectivity index (χ0) is 14.5. The highest BCUT2D eigenvalue weighted by atomic mass is 16.3. The smallest absolute Gasteiger partial charge is 0.243 e. The quantitative estimate of drug-likeness (QED) is 0.802. The zero-order valence-corrected chi connectivity index (χ0v) is 12.4. The number of carbonyl (C=O) groups excluding carboxylic acids is 1. The molecule has 1 amide bonds. The monoisotopic (exact) mass is 266 g/mol. The van der Waals surface area contributed by atoms with Gasteiger partial charge >= 0.3 is 0 Å². The van der Waals surface area contributed by atoms with Crippen LogP contribution in [0.1, 0.15) is 52.9 Å². The molecule has 1 rings (SSSR count). The van der Waals surface area contributed by atoms with Gasteiger partial charge in [0, 0.05) is 6.54 Å². The number of nitriles is 1. The van der Waals surface area contributed by atoms with Crippen LogP contribution in [0.25, 0.3) is 0 Å². The minimum absolute atomic E-state index is 0.00728. The third-order valence-corrected chi connectivity index (χ3v) is 4.31. The number of hydrogen-bond acceptors (Lipinski definition) is 3. The van der Waals surface area contributed by atoms with Crippen molar-refractivity contribution >= 4 is 5.91 Å². The van der Waals surface area contributed by atoms with Gasteiger partial charge in [-0.05, 0) is 25.2 Å². The van der Waals surface area contributed by atoms with E-state index in [9.17, 15) is 15.2 Å². The summed E-state index contributed by atoms with van der Waals surface area (Å²) in [5, 5.41) is 19.0. The third-order valence-electron chi connectivity index (χ3n) is 4.31. The van der Waals surface area contributed by atoms with E-state index in [0.717, 1.165) is 19.3 Å². The fraction of sp³-hybridized carbons (Fsp3) is 0.867. The molecule has 108 valence electrons. The lowest BCUT2D eigenvalue weighted by Gasteiger charge is -2.33. The van der Waals surface area contributed by atoms with E-state index in [2.05, 4.69) is 13.0 Å². The Bertz CT molecular complexity index is 343. The number of nitrogens with zero attached hydrogens (tertiary/aromatic N) is 2. The molecule has 0 spiro atoms. The molecule has 2 unspecified atom stereocenters. The molecule has 1 saturated heterocycles. The number of carbonyl (C=O) groups is 1. The van der Waals surface area contributed by atoms with Crippen molar-refractivity contribution < 1.29 is 9.90 Å². The van der Waals surface area contributed by atoms with Crippen molar-refractivity contribution in [2.45, 2.75) is 58.9 Å². The first kappa shape index (κ1) is 16.0. The van der Waals surface area contributed by atoms with Crippen molar-refractivity contribution in [3.8, 4) is 6.07 Å². The van der Waals surface area contributed by atoms with Crippen molar-refractivity contribution in [2.75, 3.05) is 13.2 Å². The van der Waals surface area contributed by atoms with Crippen molar-refractivity contribution in [3.63, 3.8) is 0 Å². The van der Waals surface area contributed by atoms with Crippen LogP contribution in [-0.4, -0.2) is 35.1 Å². The number of amides is 1.